The first-order chi connectivity index (χ1) is 16.8. The summed E-state index contributed by atoms with van der Waals surface area (Å²) in [5.74, 6) is 1.11. The summed E-state index contributed by atoms with van der Waals surface area (Å²) < 4.78 is 58.8. The number of hydrogen-bond acceptors (Lipinski definition) is 6. The molecule has 1 heterocycles. The van der Waals surface area contributed by atoms with E-state index in [9.17, 15) is 18.0 Å². The van der Waals surface area contributed by atoms with E-state index in [0.29, 0.717) is 59.6 Å². The van der Waals surface area contributed by atoms with E-state index in [-0.39, 0.29) is 19.0 Å². The van der Waals surface area contributed by atoms with E-state index in [1.54, 1.807) is 18.2 Å². The van der Waals surface area contributed by atoms with Crippen LogP contribution >= 0.6 is 0 Å². The average Bonchev–Trinajstić information content (AvgIpc) is 3.34. The Morgan fingerprint density at radius 1 is 1.00 bits per heavy atom. The van der Waals surface area contributed by atoms with Crippen molar-refractivity contribution in [3.63, 3.8) is 0 Å². The van der Waals surface area contributed by atoms with Crippen molar-refractivity contribution in [3.05, 3.63) is 63.4 Å². The van der Waals surface area contributed by atoms with Gasteiger partial charge in [0, 0.05) is 36.3 Å². The van der Waals surface area contributed by atoms with Crippen molar-refractivity contribution >= 4 is 0 Å². The predicted octanol–water partition coefficient (Wildman–Crippen LogP) is 4.19. The summed E-state index contributed by atoms with van der Waals surface area (Å²) in [6.07, 6.45) is -2.68. The molecule has 186 valence electrons. The lowest BCUT2D eigenvalue weighted by Crippen LogP contribution is -2.28. The second-order valence-electron chi connectivity index (χ2n) is 8.08. The van der Waals surface area contributed by atoms with Gasteiger partial charge in [-0.25, -0.2) is 0 Å². The number of methoxy groups -OCH3 is 2. The summed E-state index contributed by atoms with van der Waals surface area (Å²) in [5, 5.41) is 13.4. The first kappa shape index (κ1) is 24.6. The molecule has 0 radical (unpaired) electrons. The number of aliphatic hydroxyl groups excluding tert-OH is 1. The van der Waals surface area contributed by atoms with E-state index in [2.05, 4.69) is 5.10 Å². The van der Waals surface area contributed by atoms with Gasteiger partial charge in [0.2, 0.25) is 0 Å². The Bertz CT molecular complexity index is 1270. The highest BCUT2D eigenvalue weighted by atomic mass is 19.4. The monoisotopic (exact) mass is 490 g/mol. The molecule has 0 saturated carbocycles. The highest BCUT2D eigenvalue weighted by molar-refractivity contribution is 5.69. The fraction of sp³-hybridized carbons (Fsp3) is 0.360. The number of nitrogens with zero attached hydrogens (tertiary/aromatic N) is 2. The maximum Gasteiger partial charge on any atom is 0.418 e. The van der Waals surface area contributed by atoms with Gasteiger partial charge in [-0.2, -0.15) is 23.0 Å². The van der Waals surface area contributed by atoms with Gasteiger partial charge in [-0.05, 0) is 49.1 Å². The topological polar surface area (TPSA) is 82.8 Å². The number of hydrogen-bond donors (Lipinski definition) is 1. The molecule has 35 heavy (non-hydrogen) atoms. The van der Waals surface area contributed by atoms with E-state index in [1.165, 1.54) is 20.3 Å². The maximum absolute atomic E-state index is 13.9. The molecule has 4 rings (SSSR count). The molecule has 0 fully saturated rings. The Morgan fingerprint density at radius 2 is 1.69 bits per heavy atom. The van der Waals surface area contributed by atoms with E-state index >= 15 is 0 Å². The smallest absolute Gasteiger partial charge is 0.418 e. The summed E-state index contributed by atoms with van der Waals surface area (Å²) >= 11 is 0. The number of rotatable bonds is 8. The van der Waals surface area contributed by atoms with Crippen LogP contribution in [-0.2, 0) is 19.0 Å². The number of aromatic nitrogens is 2. The van der Waals surface area contributed by atoms with Crippen molar-refractivity contribution in [2.45, 2.75) is 31.9 Å². The third-order valence-corrected chi connectivity index (χ3v) is 5.85. The first-order valence-electron chi connectivity index (χ1n) is 11.1. The molecule has 1 aliphatic carbocycles. The van der Waals surface area contributed by atoms with Crippen molar-refractivity contribution in [3.8, 4) is 34.2 Å². The summed E-state index contributed by atoms with van der Waals surface area (Å²) in [7, 11) is 2.99. The van der Waals surface area contributed by atoms with Gasteiger partial charge in [-0.15, -0.1) is 0 Å². The summed E-state index contributed by atoms with van der Waals surface area (Å²) in [5.41, 5.74) is 0.102. The maximum atomic E-state index is 13.9. The van der Waals surface area contributed by atoms with Crippen LogP contribution in [0.4, 0.5) is 13.2 Å². The lowest BCUT2D eigenvalue weighted by atomic mass is 10.0. The van der Waals surface area contributed by atoms with Gasteiger partial charge in [0.05, 0.1) is 37.8 Å². The van der Waals surface area contributed by atoms with Crippen LogP contribution in [0.25, 0.3) is 16.9 Å². The number of halogens is 3. The first-order valence-corrected chi connectivity index (χ1v) is 11.1. The lowest BCUT2D eigenvalue weighted by Gasteiger charge is -2.18. The average molecular weight is 490 g/mol. The van der Waals surface area contributed by atoms with Crippen LogP contribution in [0.2, 0.25) is 0 Å². The van der Waals surface area contributed by atoms with Gasteiger partial charge in [0.25, 0.3) is 5.56 Å². The number of aliphatic hydroxyl groups is 1. The fourth-order valence-corrected chi connectivity index (χ4v) is 4.18. The van der Waals surface area contributed by atoms with Crippen LogP contribution in [0.5, 0.6) is 17.2 Å². The zero-order valence-corrected chi connectivity index (χ0v) is 19.3. The van der Waals surface area contributed by atoms with E-state index in [1.807, 2.05) is 0 Å². The Balaban J connectivity index is 1.95. The summed E-state index contributed by atoms with van der Waals surface area (Å²) in [6.45, 7) is -0.00460. The molecule has 0 aliphatic heterocycles. The zero-order chi connectivity index (χ0) is 25.2. The highest BCUT2D eigenvalue weighted by Crippen LogP contribution is 2.37. The molecule has 0 unspecified atom stereocenters. The molecular formula is C25H25F3N2O5. The third kappa shape index (κ3) is 4.97. The van der Waals surface area contributed by atoms with Gasteiger partial charge in [-0.1, -0.05) is 0 Å². The molecule has 1 aromatic heterocycles. The SMILES string of the molecule is COc1cc(OC)cc(-c2nn(-c3cc(OCCCO)ccc3C(F)(F)F)c(=O)c3c2CCC3)c1. The van der Waals surface area contributed by atoms with Crippen molar-refractivity contribution in [2.24, 2.45) is 0 Å². The minimum Gasteiger partial charge on any atom is -0.497 e. The van der Waals surface area contributed by atoms with E-state index < -0.39 is 23.0 Å². The quantitative estimate of drug-likeness (QED) is 0.477. The summed E-state index contributed by atoms with van der Waals surface area (Å²) in [4.78, 5) is 13.4. The van der Waals surface area contributed by atoms with Crippen molar-refractivity contribution < 1.29 is 32.5 Å². The van der Waals surface area contributed by atoms with Gasteiger partial charge in [-0.3, -0.25) is 4.79 Å². The van der Waals surface area contributed by atoms with Crippen LogP contribution in [-0.4, -0.2) is 42.3 Å². The molecule has 0 bridgehead atoms. The Hall–Kier alpha value is -3.53. The molecule has 0 spiro atoms. The number of fused-ring (bicyclic) bond motifs is 1. The molecular weight excluding hydrogens is 465 g/mol. The van der Waals surface area contributed by atoms with Gasteiger partial charge in [0.1, 0.15) is 17.2 Å². The molecule has 1 N–H and O–H groups in total. The Kier molecular flexibility index (Phi) is 7.02. The fourth-order valence-electron chi connectivity index (χ4n) is 4.18. The van der Waals surface area contributed by atoms with Crippen LogP contribution in [0.1, 0.15) is 29.5 Å². The molecule has 2 aromatic carbocycles. The normalized spacial score (nSPS) is 13.0. The van der Waals surface area contributed by atoms with Crippen LogP contribution in [0.15, 0.2) is 41.2 Å². The zero-order valence-electron chi connectivity index (χ0n) is 19.3. The van der Waals surface area contributed by atoms with E-state index in [0.717, 1.165) is 16.8 Å². The Morgan fingerprint density at radius 3 is 2.31 bits per heavy atom. The van der Waals surface area contributed by atoms with Gasteiger partial charge < -0.3 is 19.3 Å². The standard InChI is InChI=1S/C25H25F3N2O5/c1-33-17-11-15(12-18(13-17)34-2)23-19-5-3-6-20(19)24(32)30(29-23)22-14-16(35-10-4-9-31)7-8-21(22)25(26,27)28/h7-8,11-14,31H,3-6,9-10H2,1-2H3. The largest absolute Gasteiger partial charge is 0.497 e. The molecule has 3 aromatic rings. The second-order valence-corrected chi connectivity index (χ2v) is 8.08. The lowest BCUT2D eigenvalue weighted by molar-refractivity contribution is -0.137. The van der Waals surface area contributed by atoms with E-state index in [4.69, 9.17) is 19.3 Å². The molecule has 7 nitrogen and oxygen atoms in total. The molecule has 0 saturated heterocycles. The molecule has 1 aliphatic rings. The molecule has 10 heteroatoms. The van der Waals surface area contributed by atoms with Crippen LogP contribution in [0.3, 0.4) is 0 Å². The number of alkyl halides is 3. The molecule has 0 amide bonds. The highest BCUT2D eigenvalue weighted by Gasteiger charge is 2.36. The van der Waals surface area contributed by atoms with Crippen LogP contribution < -0.4 is 19.8 Å². The van der Waals surface area contributed by atoms with Gasteiger partial charge in [0.15, 0.2) is 0 Å². The van der Waals surface area contributed by atoms with Gasteiger partial charge >= 0.3 is 6.18 Å². The Labute approximate surface area is 199 Å². The van der Waals surface area contributed by atoms with Crippen molar-refractivity contribution in [2.75, 3.05) is 27.4 Å². The number of ether oxygens (including phenoxy) is 3. The molecule has 0 atom stereocenters. The van der Waals surface area contributed by atoms with Crippen LogP contribution in [0, 0.1) is 0 Å². The van der Waals surface area contributed by atoms with Crippen molar-refractivity contribution in [1.29, 1.82) is 0 Å². The minimum atomic E-state index is -4.72. The number of benzene rings is 2. The minimum absolute atomic E-state index is 0.114. The predicted molar refractivity (Wildman–Crippen MR) is 123 cm³/mol. The third-order valence-electron chi connectivity index (χ3n) is 5.85. The summed E-state index contributed by atoms with van der Waals surface area (Å²) in [6, 6.07) is 8.31. The second kappa shape index (κ2) is 9.99. The van der Waals surface area contributed by atoms with Crippen molar-refractivity contribution in [1.82, 2.24) is 9.78 Å².